The van der Waals surface area contributed by atoms with Crippen molar-refractivity contribution in [1.29, 1.82) is 0 Å². The topological polar surface area (TPSA) is 80.3 Å². The van der Waals surface area contributed by atoms with Gasteiger partial charge < -0.3 is 0 Å². The van der Waals surface area contributed by atoms with Crippen LogP contribution in [-0.2, 0) is 27.5 Å². The predicted molar refractivity (Wildman–Crippen MR) is 97.3 cm³/mol. The second-order valence-corrected chi connectivity index (χ2v) is 9.07. The third-order valence-electron chi connectivity index (χ3n) is 3.97. The van der Waals surface area contributed by atoms with E-state index in [9.17, 15) is 18.0 Å². The van der Waals surface area contributed by atoms with Crippen LogP contribution in [0.2, 0.25) is 0 Å². The molecule has 1 N–H and O–H groups in total. The number of hydrogen-bond donors (Lipinski definition) is 1. The largest absolute Gasteiger partial charge is 0.286 e. The predicted octanol–water partition coefficient (Wildman–Crippen LogP) is 2.60. The van der Waals surface area contributed by atoms with Crippen LogP contribution in [0, 0.1) is 0 Å². The third-order valence-corrected chi connectivity index (χ3v) is 6.69. The average Bonchev–Trinajstić information content (AvgIpc) is 2.92. The smallest absolute Gasteiger partial charge is 0.286 e. The molecule has 0 aliphatic carbocycles. The van der Waals surface area contributed by atoms with Crippen molar-refractivity contribution < 1.29 is 18.0 Å². The summed E-state index contributed by atoms with van der Waals surface area (Å²) in [5.41, 5.74) is 1.86. The van der Waals surface area contributed by atoms with Crippen LogP contribution in [0.4, 0.5) is 4.79 Å². The van der Waals surface area contributed by atoms with Crippen LogP contribution in [0.1, 0.15) is 11.1 Å². The van der Waals surface area contributed by atoms with Crippen LogP contribution in [0.5, 0.6) is 0 Å². The fraction of sp³-hybridized carbons (Fsp3) is 0.222. The minimum atomic E-state index is -3.29. The van der Waals surface area contributed by atoms with E-state index in [-0.39, 0.29) is 16.9 Å². The van der Waals surface area contributed by atoms with E-state index in [1.807, 2.05) is 24.3 Å². The van der Waals surface area contributed by atoms with Crippen LogP contribution in [0.25, 0.3) is 0 Å². The van der Waals surface area contributed by atoms with Gasteiger partial charge in [-0.15, -0.1) is 0 Å². The van der Waals surface area contributed by atoms with Gasteiger partial charge in [0.15, 0.2) is 9.84 Å². The Morgan fingerprint density at radius 2 is 1.56 bits per heavy atom. The molecule has 0 aromatic heterocycles. The molecule has 1 heterocycles. The second-order valence-electron chi connectivity index (χ2n) is 5.79. The lowest BCUT2D eigenvalue weighted by Crippen LogP contribution is -2.25. The monoisotopic (exact) mass is 375 g/mol. The zero-order valence-corrected chi connectivity index (χ0v) is 15.0. The highest BCUT2D eigenvalue weighted by Gasteiger charge is 2.31. The number of aryl methyl sites for hydroxylation is 1. The molecule has 0 bridgehead atoms. The number of carbonyl (C=O) groups is 2. The molecule has 1 atom stereocenters. The maximum absolute atomic E-state index is 12.3. The summed E-state index contributed by atoms with van der Waals surface area (Å²) < 4.78 is 24.6. The van der Waals surface area contributed by atoms with Crippen molar-refractivity contribution in [2.75, 3.05) is 5.75 Å². The highest BCUT2D eigenvalue weighted by Crippen LogP contribution is 2.23. The Morgan fingerprint density at radius 1 is 0.920 bits per heavy atom. The molecule has 130 valence electrons. The van der Waals surface area contributed by atoms with Crippen molar-refractivity contribution in [3.8, 4) is 0 Å². The van der Waals surface area contributed by atoms with Gasteiger partial charge in [0, 0.05) is 0 Å². The van der Waals surface area contributed by atoms with E-state index < -0.39 is 15.1 Å². The fourth-order valence-electron chi connectivity index (χ4n) is 2.58. The molecule has 1 saturated heterocycles. The molecule has 2 aromatic rings. The van der Waals surface area contributed by atoms with Crippen molar-refractivity contribution in [2.45, 2.75) is 23.0 Å². The fourth-order valence-corrected chi connectivity index (χ4v) is 4.75. The van der Waals surface area contributed by atoms with E-state index in [1.54, 1.807) is 30.3 Å². The Kier molecular flexibility index (Phi) is 5.24. The number of sulfone groups is 1. The number of imide groups is 1. The SMILES string of the molecule is O=C1NC(=O)C(Cc2ccc(CCS(=O)(=O)c3ccccc3)cc2)S1. The van der Waals surface area contributed by atoms with Crippen molar-refractivity contribution >= 4 is 32.7 Å². The molecule has 25 heavy (non-hydrogen) atoms. The van der Waals surface area contributed by atoms with Gasteiger partial charge in [0.2, 0.25) is 5.91 Å². The molecule has 5 nitrogen and oxygen atoms in total. The number of carbonyl (C=O) groups excluding carboxylic acids is 2. The molecule has 0 spiro atoms. The number of amides is 2. The molecule has 1 aliphatic heterocycles. The number of hydrogen-bond acceptors (Lipinski definition) is 5. The molecule has 7 heteroatoms. The Balaban J connectivity index is 1.60. The van der Waals surface area contributed by atoms with Gasteiger partial charge in [0.05, 0.1) is 15.9 Å². The van der Waals surface area contributed by atoms with Gasteiger partial charge in [-0.2, -0.15) is 0 Å². The third kappa shape index (κ3) is 4.49. The van der Waals surface area contributed by atoms with Crippen LogP contribution in [0.15, 0.2) is 59.5 Å². The highest BCUT2D eigenvalue weighted by molar-refractivity contribution is 8.15. The second kappa shape index (κ2) is 7.41. The summed E-state index contributed by atoms with van der Waals surface area (Å²) in [5.74, 6) is -0.209. The summed E-state index contributed by atoms with van der Waals surface area (Å²) in [4.78, 5) is 23.1. The lowest BCUT2D eigenvalue weighted by molar-refractivity contribution is -0.118. The quantitative estimate of drug-likeness (QED) is 0.839. The minimum Gasteiger partial charge on any atom is -0.286 e. The summed E-state index contributed by atoms with van der Waals surface area (Å²) in [5, 5.41) is 1.57. The van der Waals surface area contributed by atoms with Crippen LogP contribution in [-0.4, -0.2) is 30.6 Å². The molecule has 0 radical (unpaired) electrons. The molecule has 2 amide bonds. The first-order valence-electron chi connectivity index (χ1n) is 7.81. The Labute approximate surface area is 150 Å². The molecule has 1 fully saturated rings. The van der Waals surface area contributed by atoms with Crippen molar-refractivity contribution in [3.63, 3.8) is 0 Å². The molecular formula is C18H17NO4S2. The molecular weight excluding hydrogens is 358 g/mol. The van der Waals surface area contributed by atoms with Gasteiger partial charge in [-0.25, -0.2) is 8.42 Å². The molecule has 1 unspecified atom stereocenters. The maximum Gasteiger partial charge on any atom is 0.286 e. The van der Waals surface area contributed by atoms with Gasteiger partial charge >= 0.3 is 0 Å². The number of nitrogens with one attached hydrogen (secondary N) is 1. The highest BCUT2D eigenvalue weighted by atomic mass is 32.2. The van der Waals surface area contributed by atoms with Crippen molar-refractivity contribution in [2.24, 2.45) is 0 Å². The van der Waals surface area contributed by atoms with Crippen LogP contribution in [0.3, 0.4) is 0 Å². The average molecular weight is 375 g/mol. The number of benzene rings is 2. The standard InChI is InChI=1S/C18H17NO4S2/c20-17-16(24-18(21)19-17)12-14-8-6-13(7-9-14)10-11-25(22,23)15-4-2-1-3-5-15/h1-9,16H,10-12H2,(H,19,20,21). The Bertz CT molecular complexity index is 877. The van der Waals surface area contributed by atoms with E-state index in [4.69, 9.17) is 0 Å². The van der Waals surface area contributed by atoms with E-state index in [2.05, 4.69) is 5.32 Å². The van der Waals surface area contributed by atoms with Crippen molar-refractivity contribution in [3.05, 3.63) is 65.7 Å². The Hall–Kier alpha value is -2.12. The van der Waals surface area contributed by atoms with Crippen LogP contribution >= 0.6 is 11.8 Å². The molecule has 1 aliphatic rings. The number of thioether (sulfide) groups is 1. The van der Waals surface area contributed by atoms with E-state index in [0.29, 0.717) is 17.7 Å². The zero-order valence-electron chi connectivity index (χ0n) is 13.3. The number of rotatable bonds is 6. The maximum atomic E-state index is 12.3. The molecule has 2 aromatic carbocycles. The summed E-state index contributed by atoms with van der Waals surface area (Å²) in [7, 11) is -3.29. The van der Waals surface area contributed by atoms with Gasteiger partial charge in [-0.05, 0) is 36.1 Å². The zero-order chi connectivity index (χ0) is 17.9. The molecule has 3 rings (SSSR count). The van der Waals surface area contributed by atoms with Gasteiger partial charge in [-0.1, -0.05) is 54.2 Å². The van der Waals surface area contributed by atoms with Gasteiger partial charge in [0.1, 0.15) is 0 Å². The van der Waals surface area contributed by atoms with Crippen molar-refractivity contribution in [1.82, 2.24) is 5.32 Å². The van der Waals surface area contributed by atoms with E-state index in [0.717, 1.165) is 22.9 Å². The first-order chi connectivity index (χ1) is 11.9. The van der Waals surface area contributed by atoms with Crippen LogP contribution < -0.4 is 5.32 Å². The summed E-state index contributed by atoms with van der Waals surface area (Å²) in [6.45, 7) is 0. The summed E-state index contributed by atoms with van der Waals surface area (Å²) >= 11 is 1.01. The Morgan fingerprint density at radius 3 is 2.16 bits per heavy atom. The van der Waals surface area contributed by atoms with Gasteiger partial charge in [0.25, 0.3) is 5.24 Å². The minimum absolute atomic E-state index is 0.0474. The summed E-state index contributed by atoms with van der Waals surface area (Å²) in [6, 6.07) is 15.9. The first kappa shape index (κ1) is 17.7. The first-order valence-corrected chi connectivity index (χ1v) is 10.3. The van der Waals surface area contributed by atoms with Gasteiger partial charge in [-0.3, -0.25) is 14.9 Å². The van der Waals surface area contributed by atoms with E-state index >= 15 is 0 Å². The summed E-state index contributed by atoms with van der Waals surface area (Å²) in [6.07, 6.45) is 0.902. The lowest BCUT2D eigenvalue weighted by Gasteiger charge is -2.08. The van der Waals surface area contributed by atoms with E-state index in [1.165, 1.54) is 0 Å². The molecule has 0 saturated carbocycles. The lowest BCUT2D eigenvalue weighted by atomic mass is 10.1. The normalized spacial score (nSPS) is 17.5.